The van der Waals surface area contributed by atoms with E-state index in [2.05, 4.69) is 57.2 Å². The summed E-state index contributed by atoms with van der Waals surface area (Å²) in [5, 5.41) is 0. The normalized spacial score (nSPS) is 12.2. The second-order valence-electron chi connectivity index (χ2n) is 25.6. The topological polar surface area (TPSA) is 78.9 Å². The maximum Gasteiger partial charge on any atom is 0.306 e. The van der Waals surface area contributed by atoms with E-state index in [0.717, 1.165) is 70.6 Å². The molecule has 488 valence electrons. The maximum absolute atomic E-state index is 13.0. The molecule has 0 bridgehead atoms. The Balaban J connectivity index is 4.18. The lowest BCUT2D eigenvalue weighted by atomic mass is 10.0. The molecule has 0 aromatic rings. The second-order valence-corrected chi connectivity index (χ2v) is 25.6. The molecular weight excluding hydrogens is 1020 g/mol. The minimum Gasteiger partial charge on any atom is -0.462 e. The molecule has 6 nitrogen and oxygen atoms in total. The highest BCUT2D eigenvalue weighted by Crippen LogP contribution is 2.19. The van der Waals surface area contributed by atoms with Gasteiger partial charge in [0.1, 0.15) is 13.2 Å². The first-order valence-corrected chi connectivity index (χ1v) is 37.5. The summed E-state index contributed by atoms with van der Waals surface area (Å²) in [6, 6.07) is 0. The van der Waals surface area contributed by atoms with Crippen LogP contribution in [0.2, 0.25) is 0 Å². The predicted octanol–water partition coefficient (Wildman–Crippen LogP) is 25.9. The van der Waals surface area contributed by atoms with Gasteiger partial charge < -0.3 is 14.2 Å². The average Bonchev–Trinajstić information content (AvgIpc) is 3.49. The smallest absolute Gasteiger partial charge is 0.306 e. The molecule has 0 rings (SSSR count). The summed E-state index contributed by atoms with van der Waals surface area (Å²) in [7, 11) is 0. The van der Waals surface area contributed by atoms with Crippen molar-refractivity contribution in [3.63, 3.8) is 0 Å². The number of esters is 3. The van der Waals surface area contributed by atoms with Crippen LogP contribution in [0.3, 0.4) is 0 Å². The Bertz CT molecular complexity index is 1380. The first-order chi connectivity index (χ1) is 41.0. The highest BCUT2D eigenvalue weighted by Gasteiger charge is 2.20. The Labute approximate surface area is 518 Å². The number of carbonyl (C=O) groups is 3. The molecule has 0 aromatic heterocycles. The molecule has 1 atom stereocenters. The third-order valence-electron chi connectivity index (χ3n) is 17.1. The van der Waals surface area contributed by atoms with Gasteiger partial charge in [-0.2, -0.15) is 0 Å². The van der Waals surface area contributed by atoms with Crippen molar-refractivity contribution in [1.29, 1.82) is 0 Å². The van der Waals surface area contributed by atoms with Crippen molar-refractivity contribution in [1.82, 2.24) is 0 Å². The zero-order valence-corrected chi connectivity index (χ0v) is 56.2. The summed E-state index contributed by atoms with van der Waals surface area (Å²) in [5.74, 6) is -0.843. The largest absolute Gasteiger partial charge is 0.462 e. The van der Waals surface area contributed by atoms with Crippen LogP contribution in [0, 0.1) is 0 Å². The van der Waals surface area contributed by atoms with E-state index >= 15 is 0 Å². The minimum atomic E-state index is -0.773. The number of rotatable bonds is 70. The summed E-state index contributed by atoms with van der Waals surface area (Å²) in [4.78, 5) is 38.5. The Morgan fingerprint density at radius 2 is 0.434 bits per heavy atom. The van der Waals surface area contributed by atoms with E-state index in [1.165, 1.54) is 308 Å². The average molecular weight is 1170 g/mol. The third kappa shape index (κ3) is 70.3. The molecule has 0 saturated heterocycles. The first kappa shape index (κ1) is 80.6. The summed E-state index contributed by atoms with van der Waals surface area (Å²) >= 11 is 0. The molecule has 6 heteroatoms. The molecular formula is C77H144O6. The van der Waals surface area contributed by atoms with Crippen LogP contribution in [0.15, 0.2) is 36.5 Å². The number of allylic oxidation sites excluding steroid dienone is 6. The van der Waals surface area contributed by atoms with Gasteiger partial charge >= 0.3 is 17.9 Å². The monoisotopic (exact) mass is 1170 g/mol. The van der Waals surface area contributed by atoms with Gasteiger partial charge in [0.25, 0.3) is 0 Å². The van der Waals surface area contributed by atoms with Crippen LogP contribution < -0.4 is 0 Å². The summed E-state index contributed by atoms with van der Waals surface area (Å²) in [5.41, 5.74) is 0. The Morgan fingerprint density at radius 1 is 0.241 bits per heavy atom. The third-order valence-corrected chi connectivity index (χ3v) is 17.1. The number of carbonyl (C=O) groups excluding carboxylic acids is 3. The van der Waals surface area contributed by atoms with Gasteiger partial charge in [-0.3, -0.25) is 14.4 Å². The van der Waals surface area contributed by atoms with Crippen molar-refractivity contribution in [2.45, 2.75) is 425 Å². The van der Waals surface area contributed by atoms with Gasteiger partial charge in [-0.15, -0.1) is 0 Å². The lowest BCUT2D eigenvalue weighted by Gasteiger charge is -2.18. The van der Waals surface area contributed by atoms with Gasteiger partial charge in [0.2, 0.25) is 0 Å². The quantitative estimate of drug-likeness (QED) is 0.0261. The molecule has 0 aliphatic carbocycles. The molecule has 0 N–H and O–H groups in total. The highest BCUT2D eigenvalue weighted by atomic mass is 16.6. The second kappa shape index (κ2) is 72.1. The predicted molar refractivity (Wildman–Crippen MR) is 362 cm³/mol. The molecule has 83 heavy (non-hydrogen) atoms. The fourth-order valence-corrected chi connectivity index (χ4v) is 11.5. The van der Waals surface area contributed by atoms with E-state index in [1.54, 1.807) is 0 Å². The fourth-order valence-electron chi connectivity index (χ4n) is 11.5. The fraction of sp³-hybridized carbons (Fsp3) is 0.883. The van der Waals surface area contributed by atoms with Crippen molar-refractivity contribution in [3.05, 3.63) is 36.5 Å². The van der Waals surface area contributed by atoms with Crippen LogP contribution in [-0.2, 0) is 28.6 Å². The summed E-state index contributed by atoms with van der Waals surface area (Å²) in [6.45, 7) is 6.70. The zero-order chi connectivity index (χ0) is 59.9. The Kier molecular flexibility index (Phi) is 70.0. The van der Waals surface area contributed by atoms with Crippen molar-refractivity contribution >= 4 is 17.9 Å². The van der Waals surface area contributed by atoms with Crippen LogP contribution in [0.1, 0.15) is 419 Å². The van der Waals surface area contributed by atoms with Gasteiger partial charge in [0.15, 0.2) is 6.10 Å². The molecule has 0 heterocycles. The lowest BCUT2D eigenvalue weighted by molar-refractivity contribution is -0.167. The van der Waals surface area contributed by atoms with Gasteiger partial charge in [-0.1, -0.05) is 359 Å². The molecule has 0 spiro atoms. The number of unbranched alkanes of at least 4 members (excludes halogenated alkanes) is 53. The van der Waals surface area contributed by atoms with Crippen molar-refractivity contribution in [3.8, 4) is 0 Å². The van der Waals surface area contributed by atoms with E-state index < -0.39 is 6.10 Å². The van der Waals surface area contributed by atoms with E-state index in [0.29, 0.717) is 19.3 Å². The van der Waals surface area contributed by atoms with Gasteiger partial charge in [0.05, 0.1) is 0 Å². The highest BCUT2D eigenvalue weighted by molar-refractivity contribution is 5.71. The van der Waals surface area contributed by atoms with Gasteiger partial charge in [0, 0.05) is 19.3 Å². The first-order valence-electron chi connectivity index (χ1n) is 37.5. The minimum absolute atomic E-state index is 0.0682. The lowest BCUT2D eigenvalue weighted by Crippen LogP contribution is -2.30. The van der Waals surface area contributed by atoms with E-state index in [4.69, 9.17) is 14.2 Å². The SMILES string of the molecule is CCCCCCC/C=C\C/C=C\CCCCCCCCCCCCCCCCCCCCCC(=O)OCC(COC(=O)CCCCCCC/C=C\CCCCCCCC)OC(=O)CCCCCCCCCCCCCCCCCCCCC. The van der Waals surface area contributed by atoms with E-state index in [9.17, 15) is 14.4 Å². The Hall–Kier alpha value is -2.37. The van der Waals surface area contributed by atoms with Crippen LogP contribution in [-0.4, -0.2) is 37.2 Å². The van der Waals surface area contributed by atoms with Crippen molar-refractivity contribution in [2.24, 2.45) is 0 Å². The zero-order valence-electron chi connectivity index (χ0n) is 56.2. The van der Waals surface area contributed by atoms with Crippen LogP contribution in [0.25, 0.3) is 0 Å². The van der Waals surface area contributed by atoms with Gasteiger partial charge in [-0.05, 0) is 77.0 Å². The van der Waals surface area contributed by atoms with E-state index in [-0.39, 0.29) is 31.1 Å². The van der Waals surface area contributed by atoms with Gasteiger partial charge in [-0.25, -0.2) is 0 Å². The standard InChI is InChI=1S/C77H144O6/c1-4-7-10-13-16-19-22-25-28-30-32-33-34-35-36-37-38-39-40-41-42-43-45-46-49-52-55-58-61-64-67-70-76(79)82-73-74(72-81-75(78)69-66-63-60-57-54-51-48-27-24-21-18-15-12-9-6-3)83-77(80)71-68-65-62-59-56-53-50-47-44-31-29-26-23-20-17-14-11-8-5-2/h22,25,27,30,32,48,74H,4-21,23-24,26,28-29,31,33-47,49-73H2,1-3H3/b25-22-,32-30-,48-27-. The number of ether oxygens (including phenoxy) is 3. The molecule has 0 amide bonds. The summed E-state index contributed by atoms with van der Waals surface area (Å²) in [6.07, 6.45) is 90.5. The maximum atomic E-state index is 13.0. The molecule has 0 radical (unpaired) electrons. The van der Waals surface area contributed by atoms with Crippen LogP contribution in [0.4, 0.5) is 0 Å². The number of hydrogen-bond acceptors (Lipinski definition) is 6. The van der Waals surface area contributed by atoms with Crippen molar-refractivity contribution < 1.29 is 28.6 Å². The molecule has 1 unspecified atom stereocenters. The molecule has 0 fully saturated rings. The number of hydrogen-bond donors (Lipinski definition) is 0. The molecule has 0 aliphatic heterocycles. The molecule has 0 aromatic carbocycles. The summed E-state index contributed by atoms with van der Waals surface area (Å²) < 4.78 is 17.0. The van der Waals surface area contributed by atoms with Crippen LogP contribution in [0.5, 0.6) is 0 Å². The molecule has 0 saturated carbocycles. The molecule has 0 aliphatic rings. The van der Waals surface area contributed by atoms with Crippen molar-refractivity contribution in [2.75, 3.05) is 13.2 Å². The van der Waals surface area contributed by atoms with E-state index in [1.807, 2.05) is 0 Å². The Morgan fingerprint density at radius 3 is 0.675 bits per heavy atom. The van der Waals surface area contributed by atoms with Crippen LogP contribution >= 0.6 is 0 Å².